The minimum atomic E-state index is 0.0189. The lowest BCUT2D eigenvalue weighted by Gasteiger charge is -2.38. The van der Waals surface area contributed by atoms with Gasteiger partial charge in [0.05, 0.1) is 5.60 Å². The summed E-state index contributed by atoms with van der Waals surface area (Å²) in [4.78, 5) is 13.0. The van der Waals surface area contributed by atoms with Gasteiger partial charge < -0.3 is 4.74 Å². The third kappa shape index (κ3) is 2.78. The highest BCUT2D eigenvalue weighted by Crippen LogP contribution is 2.43. The Morgan fingerprint density at radius 2 is 1.76 bits per heavy atom. The van der Waals surface area contributed by atoms with E-state index in [9.17, 15) is 4.79 Å². The summed E-state index contributed by atoms with van der Waals surface area (Å²) in [5.41, 5.74) is 4.47. The van der Waals surface area contributed by atoms with Crippen LogP contribution in [0.25, 0.3) is 0 Å². The maximum atomic E-state index is 13.0. The third-order valence-electron chi connectivity index (χ3n) is 5.30. The average molecular weight is 286 g/mol. The van der Waals surface area contributed by atoms with Crippen LogP contribution in [-0.4, -0.2) is 18.0 Å². The van der Waals surface area contributed by atoms with Crippen molar-refractivity contribution in [2.75, 3.05) is 6.61 Å². The fraction of sp³-hybridized carbons (Fsp3) is 0.632. The fourth-order valence-corrected chi connectivity index (χ4v) is 4.39. The van der Waals surface area contributed by atoms with Gasteiger partial charge in [0.25, 0.3) is 0 Å². The molecule has 3 rings (SSSR count). The first kappa shape index (κ1) is 14.8. The van der Waals surface area contributed by atoms with Crippen molar-refractivity contribution >= 4 is 5.78 Å². The first-order chi connectivity index (χ1) is 10.0. The highest BCUT2D eigenvalue weighted by atomic mass is 16.5. The summed E-state index contributed by atoms with van der Waals surface area (Å²) in [6.07, 6.45) is 6.60. The van der Waals surface area contributed by atoms with E-state index >= 15 is 0 Å². The molecular weight excluding hydrogens is 260 g/mol. The fourth-order valence-electron chi connectivity index (χ4n) is 4.39. The molecule has 21 heavy (non-hydrogen) atoms. The van der Waals surface area contributed by atoms with Crippen molar-refractivity contribution < 1.29 is 9.53 Å². The molecule has 0 N–H and O–H groups in total. The molecule has 2 aliphatic rings. The molecule has 1 heterocycles. The van der Waals surface area contributed by atoms with Gasteiger partial charge in [-0.15, -0.1) is 0 Å². The van der Waals surface area contributed by atoms with Crippen molar-refractivity contribution in [3.63, 3.8) is 0 Å². The largest absolute Gasteiger partial charge is 0.375 e. The molecule has 1 aromatic carbocycles. The molecule has 1 saturated heterocycles. The zero-order valence-electron chi connectivity index (χ0n) is 13.5. The van der Waals surface area contributed by atoms with E-state index in [0.29, 0.717) is 5.78 Å². The van der Waals surface area contributed by atoms with Crippen LogP contribution in [0.5, 0.6) is 0 Å². The summed E-state index contributed by atoms with van der Waals surface area (Å²) in [5, 5.41) is 0. The number of Topliss-reactive ketones (excluding diaryl/α,β-unsaturated/α-hetero) is 1. The summed E-state index contributed by atoms with van der Waals surface area (Å²) >= 11 is 0. The number of ether oxygens (including phenoxy) is 1. The van der Waals surface area contributed by atoms with Crippen molar-refractivity contribution in [3.8, 4) is 0 Å². The second kappa shape index (κ2) is 5.57. The predicted octanol–water partition coefficient (Wildman–Crippen LogP) is 4.53. The van der Waals surface area contributed by atoms with Crippen LogP contribution in [0, 0.1) is 26.7 Å². The lowest BCUT2D eigenvalue weighted by atomic mass is 9.79. The van der Waals surface area contributed by atoms with Gasteiger partial charge in [0, 0.05) is 18.1 Å². The van der Waals surface area contributed by atoms with Gasteiger partial charge in [-0.25, -0.2) is 0 Å². The molecule has 0 aromatic heterocycles. The Balaban J connectivity index is 1.85. The number of benzene rings is 1. The number of aryl methyl sites for hydroxylation is 3. The molecule has 0 bridgehead atoms. The summed E-state index contributed by atoms with van der Waals surface area (Å²) in [6.45, 7) is 6.98. The predicted molar refractivity (Wildman–Crippen MR) is 84.9 cm³/mol. The van der Waals surface area contributed by atoms with E-state index in [0.717, 1.165) is 49.0 Å². The first-order valence-electron chi connectivity index (χ1n) is 8.27. The minimum Gasteiger partial charge on any atom is -0.375 e. The summed E-state index contributed by atoms with van der Waals surface area (Å²) in [6, 6.07) is 4.26. The quantitative estimate of drug-likeness (QED) is 0.746. The smallest absolute Gasteiger partial charge is 0.166 e. The number of ketones is 1. The van der Waals surface area contributed by atoms with Crippen molar-refractivity contribution in [3.05, 3.63) is 34.4 Å². The Hall–Kier alpha value is -1.15. The molecule has 1 atom stereocenters. The van der Waals surface area contributed by atoms with Crippen LogP contribution in [-0.2, 0) is 4.74 Å². The molecule has 1 aliphatic heterocycles. The lowest BCUT2D eigenvalue weighted by Crippen LogP contribution is -2.40. The molecule has 114 valence electrons. The van der Waals surface area contributed by atoms with Crippen LogP contribution < -0.4 is 0 Å². The molecular formula is C19H26O2. The van der Waals surface area contributed by atoms with Gasteiger partial charge in [-0.2, -0.15) is 0 Å². The normalized spacial score (nSPS) is 24.4. The molecule has 2 heteroatoms. The molecule has 0 amide bonds. The maximum Gasteiger partial charge on any atom is 0.166 e. The second-order valence-corrected chi connectivity index (χ2v) is 7.07. The zero-order chi connectivity index (χ0) is 15.0. The summed E-state index contributed by atoms with van der Waals surface area (Å²) < 4.78 is 6.07. The van der Waals surface area contributed by atoms with Gasteiger partial charge in [-0.1, -0.05) is 30.5 Å². The Morgan fingerprint density at radius 3 is 2.38 bits per heavy atom. The van der Waals surface area contributed by atoms with E-state index in [1.165, 1.54) is 18.4 Å². The highest BCUT2D eigenvalue weighted by Gasteiger charge is 2.42. The molecule has 1 aliphatic carbocycles. The SMILES string of the molecule is Cc1cc(C)c(C(=O)C2CCOC3(CCCC3)C2)c(C)c1. The van der Waals surface area contributed by atoms with E-state index in [1.807, 2.05) is 0 Å². The van der Waals surface area contributed by atoms with Gasteiger partial charge in [-0.3, -0.25) is 4.79 Å². The monoisotopic (exact) mass is 286 g/mol. The maximum absolute atomic E-state index is 13.0. The summed E-state index contributed by atoms with van der Waals surface area (Å²) in [7, 11) is 0. The Bertz CT molecular complexity index is 530. The number of hydrogen-bond acceptors (Lipinski definition) is 2. The minimum absolute atomic E-state index is 0.0189. The van der Waals surface area contributed by atoms with E-state index in [4.69, 9.17) is 4.74 Å². The average Bonchev–Trinajstić information content (AvgIpc) is 2.85. The Labute approximate surface area is 127 Å². The van der Waals surface area contributed by atoms with Gasteiger partial charge in [0.15, 0.2) is 5.78 Å². The number of rotatable bonds is 2. The number of hydrogen-bond donors (Lipinski definition) is 0. The summed E-state index contributed by atoms with van der Waals surface area (Å²) in [5.74, 6) is 0.497. The Kier molecular flexibility index (Phi) is 3.92. The van der Waals surface area contributed by atoms with E-state index < -0.39 is 0 Å². The van der Waals surface area contributed by atoms with Crippen LogP contribution in [0.3, 0.4) is 0 Å². The molecule has 1 unspecified atom stereocenters. The number of carbonyl (C=O) groups is 1. The van der Waals surface area contributed by atoms with Crippen LogP contribution in [0.1, 0.15) is 65.6 Å². The van der Waals surface area contributed by atoms with Crippen molar-refractivity contribution in [2.45, 2.75) is 64.9 Å². The molecule has 1 aromatic rings. The number of carbonyl (C=O) groups excluding carboxylic acids is 1. The molecule has 0 radical (unpaired) electrons. The molecule has 2 nitrogen and oxygen atoms in total. The molecule has 1 saturated carbocycles. The van der Waals surface area contributed by atoms with Gasteiger partial charge in [-0.05, 0) is 57.6 Å². The zero-order valence-corrected chi connectivity index (χ0v) is 13.5. The van der Waals surface area contributed by atoms with Crippen molar-refractivity contribution in [1.29, 1.82) is 0 Å². The molecule has 2 fully saturated rings. The van der Waals surface area contributed by atoms with E-state index in [-0.39, 0.29) is 11.5 Å². The Morgan fingerprint density at radius 1 is 1.14 bits per heavy atom. The van der Waals surface area contributed by atoms with Gasteiger partial charge >= 0.3 is 0 Å². The molecule has 1 spiro atoms. The van der Waals surface area contributed by atoms with Crippen molar-refractivity contribution in [1.82, 2.24) is 0 Å². The van der Waals surface area contributed by atoms with Crippen LogP contribution in [0.4, 0.5) is 0 Å². The second-order valence-electron chi connectivity index (χ2n) is 7.07. The topological polar surface area (TPSA) is 26.3 Å². The van der Waals surface area contributed by atoms with Crippen molar-refractivity contribution in [2.24, 2.45) is 5.92 Å². The first-order valence-corrected chi connectivity index (χ1v) is 8.27. The third-order valence-corrected chi connectivity index (χ3v) is 5.30. The van der Waals surface area contributed by atoms with E-state index in [2.05, 4.69) is 32.9 Å². The lowest BCUT2D eigenvalue weighted by molar-refractivity contribution is -0.0866. The van der Waals surface area contributed by atoms with E-state index in [1.54, 1.807) is 0 Å². The van der Waals surface area contributed by atoms with Gasteiger partial charge in [0.1, 0.15) is 0 Å². The van der Waals surface area contributed by atoms with Crippen LogP contribution >= 0.6 is 0 Å². The highest BCUT2D eigenvalue weighted by molar-refractivity contribution is 6.00. The van der Waals surface area contributed by atoms with Gasteiger partial charge in [0.2, 0.25) is 0 Å². The van der Waals surface area contributed by atoms with Crippen LogP contribution in [0.2, 0.25) is 0 Å². The standard InChI is InChI=1S/C19H26O2/c1-13-10-14(2)17(15(3)11-13)18(20)16-6-9-21-19(12-16)7-4-5-8-19/h10-11,16H,4-9,12H2,1-3H3. The van der Waals surface area contributed by atoms with Crippen LogP contribution in [0.15, 0.2) is 12.1 Å².